The van der Waals surface area contributed by atoms with Gasteiger partial charge in [0.2, 0.25) is 10.0 Å². The zero-order valence-corrected chi connectivity index (χ0v) is 13.6. The molecule has 1 aliphatic heterocycles. The summed E-state index contributed by atoms with van der Waals surface area (Å²) in [6.45, 7) is 5.46. The van der Waals surface area contributed by atoms with Crippen molar-refractivity contribution in [3.63, 3.8) is 0 Å². The van der Waals surface area contributed by atoms with Crippen LogP contribution in [0.25, 0.3) is 0 Å². The second-order valence-electron chi connectivity index (χ2n) is 5.41. The van der Waals surface area contributed by atoms with E-state index in [1.54, 1.807) is 12.1 Å². The van der Waals surface area contributed by atoms with Crippen molar-refractivity contribution < 1.29 is 8.42 Å². The van der Waals surface area contributed by atoms with E-state index in [0.29, 0.717) is 16.6 Å². The van der Waals surface area contributed by atoms with Crippen molar-refractivity contribution in [2.24, 2.45) is 0 Å². The summed E-state index contributed by atoms with van der Waals surface area (Å²) in [4.78, 5) is 2.77. The predicted molar refractivity (Wildman–Crippen MR) is 86.1 cm³/mol. The maximum atomic E-state index is 12.1. The molecule has 0 saturated carbocycles. The minimum atomic E-state index is -3.43. The lowest BCUT2D eigenvalue weighted by molar-refractivity contribution is 0.300. The van der Waals surface area contributed by atoms with Crippen molar-refractivity contribution in [3.05, 3.63) is 24.3 Å². The standard InChI is InChI=1S/C15H25N3O2S/c1-3-18-11-6-7-13(10-12-18)17-14-8-4-5-9-15(14)21(19,20)16-2/h4-5,8-9,13,16-17H,3,6-7,10-12H2,1-2H3. The van der Waals surface area contributed by atoms with E-state index >= 15 is 0 Å². The van der Waals surface area contributed by atoms with Crippen LogP contribution in [0, 0.1) is 0 Å². The molecule has 0 amide bonds. The number of para-hydroxylation sites is 1. The molecule has 2 N–H and O–H groups in total. The number of sulfonamides is 1. The fraction of sp³-hybridized carbons (Fsp3) is 0.600. The normalized spacial score (nSPS) is 21.0. The summed E-state index contributed by atoms with van der Waals surface area (Å²) in [5, 5.41) is 3.43. The molecule has 2 rings (SSSR count). The van der Waals surface area contributed by atoms with Crippen LogP contribution in [0.5, 0.6) is 0 Å². The van der Waals surface area contributed by atoms with Crippen molar-refractivity contribution in [3.8, 4) is 0 Å². The summed E-state index contributed by atoms with van der Waals surface area (Å²) in [7, 11) is -1.99. The summed E-state index contributed by atoms with van der Waals surface area (Å²) in [6.07, 6.45) is 3.26. The van der Waals surface area contributed by atoms with Crippen molar-refractivity contribution in [1.29, 1.82) is 0 Å². The minimum Gasteiger partial charge on any atom is -0.381 e. The number of likely N-dealkylation sites (tertiary alicyclic amines) is 1. The van der Waals surface area contributed by atoms with Gasteiger partial charge in [-0.05, 0) is 51.5 Å². The Hall–Kier alpha value is -1.11. The molecule has 1 aromatic rings. The number of rotatable bonds is 5. The van der Waals surface area contributed by atoms with Gasteiger partial charge in [0.05, 0.1) is 5.69 Å². The highest BCUT2D eigenvalue weighted by atomic mass is 32.2. The van der Waals surface area contributed by atoms with Gasteiger partial charge in [-0.2, -0.15) is 0 Å². The Morgan fingerprint density at radius 2 is 2.00 bits per heavy atom. The van der Waals surface area contributed by atoms with Crippen LogP contribution in [0.2, 0.25) is 0 Å². The van der Waals surface area contributed by atoms with Gasteiger partial charge in [0.1, 0.15) is 4.90 Å². The number of hydrogen-bond acceptors (Lipinski definition) is 4. The van der Waals surface area contributed by atoms with Crippen molar-refractivity contribution >= 4 is 15.7 Å². The fourth-order valence-corrected chi connectivity index (χ4v) is 3.66. The molecule has 1 aromatic carbocycles. The lowest BCUT2D eigenvalue weighted by Gasteiger charge is -2.20. The molecule has 5 nitrogen and oxygen atoms in total. The monoisotopic (exact) mass is 311 g/mol. The molecule has 118 valence electrons. The van der Waals surface area contributed by atoms with Crippen LogP contribution in [0.4, 0.5) is 5.69 Å². The molecular weight excluding hydrogens is 286 g/mol. The number of benzene rings is 1. The maximum Gasteiger partial charge on any atom is 0.242 e. The largest absolute Gasteiger partial charge is 0.381 e. The van der Waals surface area contributed by atoms with E-state index in [9.17, 15) is 8.42 Å². The number of anilines is 1. The summed E-state index contributed by atoms with van der Waals surface area (Å²) in [5.74, 6) is 0. The lowest BCUT2D eigenvalue weighted by Crippen LogP contribution is -2.27. The van der Waals surface area contributed by atoms with E-state index in [-0.39, 0.29) is 0 Å². The molecule has 1 saturated heterocycles. The minimum absolute atomic E-state index is 0.323. The SMILES string of the molecule is CCN1CCCC(Nc2ccccc2S(=O)(=O)NC)CC1. The molecular formula is C15H25N3O2S. The fourth-order valence-electron chi connectivity index (χ4n) is 2.77. The van der Waals surface area contributed by atoms with Crippen molar-refractivity contribution in [1.82, 2.24) is 9.62 Å². The van der Waals surface area contributed by atoms with Gasteiger partial charge in [0.15, 0.2) is 0 Å². The molecule has 0 spiro atoms. The third-order valence-corrected chi connectivity index (χ3v) is 5.55. The average Bonchev–Trinajstić information content (AvgIpc) is 2.73. The highest BCUT2D eigenvalue weighted by Crippen LogP contribution is 2.23. The quantitative estimate of drug-likeness (QED) is 0.871. The average molecular weight is 311 g/mol. The van der Waals surface area contributed by atoms with Crippen LogP contribution >= 0.6 is 0 Å². The summed E-state index contributed by atoms with van der Waals surface area (Å²) >= 11 is 0. The molecule has 1 unspecified atom stereocenters. The first-order chi connectivity index (χ1) is 10.1. The van der Waals surface area contributed by atoms with Gasteiger partial charge >= 0.3 is 0 Å². The number of nitrogens with one attached hydrogen (secondary N) is 2. The van der Waals surface area contributed by atoms with Gasteiger partial charge in [-0.15, -0.1) is 0 Å². The zero-order chi connectivity index (χ0) is 15.3. The van der Waals surface area contributed by atoms with Gasteiger partial charge in [0, 0.05) is 12.6 Å². The van der Waals surface area contributed by atoms with Gasteiger partial charge in [-0.3, -0.25) is 0 Å². The van der Waals surface area contributed by atoms with E-state index < -0.39 is 10.0 Å². The van der Waals surface area contributed by atoms with E-state index in [4.69, 9.17) is 0 Å². The third kappa shape index (κ3) is 4.18. The van der Waals surface area contributed by atoms with Crippen LogP contribution < -0.4 is 10.0 Å². The molecule has 1 aliphatic rings. The molecule has 0 aliphatic carbocycles. The molecule has 6 heteroatoms. The van der Waals surface area contributed by atoms with Gasteiger partial charge in [0.25, 0.3) is 0 Å². The van der Waals surface area contributed by atoms with E-state index in [0.717, 1.165) is 38.9 Å². The number of nitrogens with zero attached hydrogens (tertiary/aromatic N) is 1. The van der Waals surface area contributed by atoms with Crippen molar-refractivity contribution in [2.45, 2.75) is 37.1 Å². The Kier molecular flexibility index (Phi) is 5.61. The first-order valence-corrected chi connectivity index (χ1v) is 9.06. The van der Waals surface area contributed by atoms with E-state index in [2.05, 4.69) is 21.9 Å². The highest BCUT2D eigenvalue weighted by Gasteiger charge is 2.20. The molecule has 0 radical (unpaired) electrons. The Bertz CT molecular complexity index is 560. The summed E-state index contributed by atoms with van der Waals surface area (Å²) in [5.41, 5.74) is 0.696. The predicted octanol–water partition coefficient (Wildman–Crippen LogP) is 1.88. The van der Waals surface area contributed by atoms with E-state index in [1.807, 2.05) is 12.1 Å². The van der Waals surface area contributed by atoms with Crippen molar-refractivity contribution in [2.75, 3.05) is 32.0 Å². The van der Waals surface area contributed by atoms with Crippen LogP contribution in [0.1, 0.15) is 26.2 Å². The van der Waals surface area contributed by atoms with Crippen LogP contribution in [-0.4, -0.2) is 46.0 Å². The van der Waals surface area contributed by atoms with Gasteiger partial charge in [-0.25, -0.2) is 13.1 Å². The van der Waals surface area contributed by atoms with Crippen LogP contribution in [0.15, 0.2) is 29.2 Å². The number of hydrogen-bond donors (Lipinski definition) is 2. The van der Waals surface area contributed by atoms with E-state index in [1.165, 1.54) is 7.05 Å². The zero-order valence-electron chi connectivity index (χ0n) is 12.8. The first kappa shape index (κ1) is 16.3. The van der Waals surface area contributed by atoms with Crippen LogP contribution in [0.3, 0.4) is 0 Å². The second-order valence-corrected chi connectivity index (χ2v) is 7.27. The molecule has 1 fully saturated rings. The van der Waals surface area contributed by atoms with Gasteiger partial charge < -0.3 is 10.2 Å². The topological polar surface area (TPSA) is 61.4 Å². The Balaban J connectivity index is 2.13. The highest BCUT2D eigenvalue weighted by molar-refractivity contribution is 7.89. The first-order valence-electron chi connectivity index (χ1n) is 7.58. The smallest absolute Gasteiger partial charge is 0.242 e. The Labute approximate surface area is 127 Å². The second kappa shape index (κ2) is 7.24. The van der Waals surface area contributed by atoms with Gasteiger partial charge in [-0.1, -0.05) is 19.1 Å². The summed E-state index contributed by atoms with van der Waals surface area (Å²) < 4.78 is 26.5. The molecule has 21 heavy (non-hydrogen) atoms. The third-order valence-electron chi connectivity index (χ3n) is 4.07. The molecule has 1 heterocycles. The Morgan fingerprint density at radius 3 is 2.71 bits per heavy atom. The van der Waals surface area contributed by atoms with Crippen LogP contribution in [-0.2, 0) is 10.0 Å². The molecule has 0 aromatic heterocycles. The molecule has 1 atom stereocenters. The Morgan fingerprint density at radius 1 is 1.24 bits per heavy atom. The molecule has 0 bridgehead atoms. The maximum absolute atomic E-state index is 12.1. The summed E-state index contributed by atoms with van der Waals surface area (Å²) in [6, 6.07) is 7.43. The lowest BCUT2D eigenvalue weighted by atomic mass is 10.1.